The van der Waals surface area contributed by atoms with Gasteiger partial charge in [0.15, 0.2) is 0 Å². The summed E-state index contributed by atoms with van der Waals surface area (Å²) in [7, 11) is 0. The van der Waals surface area contributed by atoms with Crippen molar-refractivity contribution in [1.82, 2.24) is 10.2 Å². The van der Waals surface area contributed by atoms with Crippen LogP contribution in [-0.4, -0.2) is 36.6 Å². The van der Waals surface area contributed by atoms with Gasteiger partial charge in [-0.1, -0.05) is 26.7 Å². The molecule has 19 heavy (non-hydrogen) atoms. The van der Waals surface area contributed by atoms with Gasteiger partial charge in [-0.2, -0.15) is 0 Å². The summed E-state index contributed by atoms with van der Waals surface area (Å²) >= 11 is 0. The molecule has 1 aliphatic carbocycles. The van der Waals surface area contributed by atoms with Gasteiger partial charge in [0, 0.05) is 18.6 Å². The maximum atomic E-state index is 3.95. The fourth-order valence-electron chi connectivity index (χ4n) is 4.11. The maximum absolute atomic E-state index is 3.95. The maximum Gasteiger partial charge on any atom is 0.00818 e. The van der Waals surface area contributed by atoms with Crippen LogP contribution in [-0.2, 0) is 0 Å². The Labute approximate surface area is 120 Å². The Morgan fingerprint density at radius 1 is 1.21 bits per heavy atom. The van der Waals surface area contributed by atoms with E-state index >= 15 is 0 Å². The normalized spacial score (nSPS) is 35.2. The van der Waals surface area contributed by atoms with Crippen molar-refractivity contribution >= 4 is 0 Å². The van der Waals surface area contributed by atoms with E-state index in [1.807, 2.05) is 0 Å². The van der Waals surface area contributed by atoms with Crippen LogP contribution in [0.15, 0.2) is 0 Å². The van der Waals surface area contributed by atoms with Crippen molar-refractivity contribution in [3.05, 3.63) is 0 Å². The van der Waals surface area contributed by atoms with Crippen LogP contribution in [0.25, 0.3) is 0 Å². The first-order chi connectivity index (χ1) is 9.19. The molecule has 1 saturated carbocycles. The van der Waals surface area contributed by atoms with Crippen LogP contribution < -0.4 is 5.32 Å². The fourth-order valence-corrected chi connectivity index (χ4v) is 4.11. The molecule has 4 unspecified atom stereocenters. The highest BCUT2D eigenvalue weighted by Gasteiger charge is 2.27. The lowest BCUT2D eigenvalue weighted by Crippen LogP contribution is -2.48. The quantitative estimate of drug-likeness (QED) is 0.817. The minimum Gasteiger partial charge on any atom is -0.311 e. The zero-order chi connectivity index (χ0) is 13.7. The summed E-state index contributed by atoms with van der Waals surface area (Å²) in [5.41, 5.74) is 0. The molecule has 0 aromatic heterocycles. The van der Waals surface area contributed by atoms with Gasteiger partial charge in [-0.15, -0.1) is 0 Å². The highest BCUT2D eigenvalue weighted by Crippen LogP contribution is 2.26. The van der Waals surface area contributed by atoms with Crippen LogP contribution in [0.1, 0.15) is 65.7 Å². The molecule has 1 heterocycles. The molecule has 1 aliphatic heterocycles. The molecule has 0 amide bonds. The highest BCUT2D eigenvalue weighted by molar-refractivity contribution is 4.84. The standard InChI is InChI=1S/C17H34N2/c1-4-10-19-11-6-8-16(13-19)15(3)18-17-9-5-7-14(2)12-17/h14-18H,4-13H2,1-3H3. The number of likely N-dealkylation sites (tertiary alicyclic amines) is 1. The molecular formula is C17H34N2. The first-order valence-corrected chi connectivity index (χ1v) is 8.67. The van der Waals surface area contributed by atoms with E-state index in [9.17, 15) is 0 Å². The number of nitrogens with zero attached hydrogens (tertiary/aromatic N) is 1. The second-order valence-electron chi connectivity index (χ2n) is 7.13. The molecule has 112 valence electrons. The smallest absolute Gasteiger partial charge is 0.00818 e. The lowest BCUT2D eigenvalue weighted by molar-refractivity contribution is 0.140. The molecule has 0 spiro atoms. The molecular weight excluding hydrogens is 232 g/mol. The lowest BCUT2D eigenvalue weighted by Gasteiger charge is -2.38. The molecule has 2 nitrogen and oxygen atoms in total. The molecule has 0 aromatic carbocycles. The largest absolute Gasteiger partial charge is 0.311 e. The molecule has 0 aromatic rings. The van der Waals surface area contributed by atoms with Crippen molar-refractivity contribution in [1.29, 1.82) is 0 Å². The van der Waals surface area contributed by atoms with Gasteiger partial charge in [0.05, 0.1) is 0 Å². The number of hydrogen-bond donors (Lipinski definition) is 1. The van der Waals surface area contributed by atoms with Gasteiger partial charge in [0.1, 0.15) is 0 Å². The molecule has 2 rings (SSSR count). The van der Waals surface area contributed by atoms with Crippen LogP contribution in [0, 0.1) is 11.8 Å². The molecule has 4 atom stereocenters. The first kappa shape index (κ1) is 15.3. The van der Waals surface area contributed by atoms with Crippen LogP contribution in [0.2, 0.25) is 0 Å². The predicted molar refractivity (Wildman–Crippen MR) is 83.5 cm³/mol. The van der Waals surface area contributed by atoms with E-state index in [0.29, 0.717) is 6.04 Å². The number of piperidine rings is 1. The van der Waals surface area contributed by atoms with Gasteiger partial charge in [-0.25, -0.2) is 0 Å². The van der Waals surface area contributed by atoms with Crippen molar-refractivity contribution < 1.29 is 0 Å². The monoisotopic (exact) mass is 266 g/mol. The van der Waals surface area contributed by atoms with Crippen LogP contribution in [0.3, 0.4) is 0 Å². The zero-order valence-electron chi connectivity index (χ0n) is 13.3. The van der Waals surface area contributed by atoms with Gasteiger partial charge in [-0.3, -0.25) is 0 Å². The van der Waals surface area contributed by atoms with E-state index in [1.165, 1.54) is 64.6 Å². The molecule has 2 aliphatic rings. The van der Waals surface area contributed by atoms with Crippen molar-refractivity contribution in [3.63, 3.8) is 0 Å². The Kier molecular flexibility index (Phi) is 6.15. The summed E-state index contributed by atoms with van der Waals surface area (Å²) in [6.07, 6.45) is 9.80. The van der Waals surface area contributed by atoms with Gasteiger partial charge in [-0.05, 0) is 64.0 Å². The topological polar surface area (TPSA) is 15.3 Å². The molecule has 2 fully saturated rings. The average molecular weight is 266 g/mol. The van der Waals surface area contributed by atoms with E-state index in [2.05, 4.69) is 31.0 Å². The molecule has 0 radical (unpaired) electrons. The SMILES string of the molecule is CCCN1CCCC(C(C)NC2CCCC(C)C2)C1. The minimum absolute atomic E-state index is 0.704. The van der Waals surface area contributed by atoms with Gasteiger partial charge < -0.3 is 10.2 Å². The Bertz CT molecular complexity index is 252. The van der Waals surface area contributed by atoms with Crippen molar-refractivity contribution in [2.45, 2.75) is 77.8 Å². The highest BCUT2D eigenvalue weighted by atomic mass is 15.1. The van der Waals surface area contributed by atoms with Gasteiger partial charge >= 0.3 is 0 Å². The second-order valence-corrected chi connectivity index (χ2v) is 7.13. The molecule has 0 bridgehead atoms. The summed E-state index contributed by atoms with van der Waals surface area (Å²) in [4.78, 5) is 2.68. The summed E-state index contributed by atoms with van der Waals surface area (Å²) in [5.74, 6) is 1.80. The van der Waals surface area contributed by atoms with Crippen LogP contribution in [0.5, 0.6) is 0 Å². The van der Waals surface area contributed by atoms with Crippen molar-refractivity contribution in [3.8, 4) is 0 Å². The first-order valence-electron chi connectivity index (χ1n) is 8.67. The van der Waals surface area contributed by atoms with E-state index in [-0.39, 0.29) is 0 Å². The van der Waals surface area contributed by atoms with Crippen LogP contribution >= 0.6 is 0 Å². The van der Waals surface area contributed by atoms with Crippen LogP contribution in [0.4, 0.5) is 0 Å². The van der Waals surface area contributed by atoms with E-state index in [0.717, 1.165) is 17.9 Å². The van der Waals surface area contributed by atoms with Gasteiger partial charge in [0.2, 0.25) is 0 Å². The van der Waals surface area contributed by atoms with Crippen molar-refractivity contribution in [2.75, 3.05) is 19.6 Å². The second kappa shape index (κ2) is 7.64. The summed E-state index contributed by atoms with van der Waals surface area (Å²) in [5, 5.41) is 3.95. The van der Waals surface area contributed by atoms with E-state index in [4.69, 9.17) is 0 Å². The summed E-state index contributed by atoms with van der Waals surface area (Å²) in [6, 6.07) is 1.50. The Hall–Kier alpha value is -0.0800. The predicted octanol–water partition coefficient (Wildman–Crippen LogP) is 3.67. The Balaban J connectivity index is 1.76. The summed E-state index contributed by atoms with van der Waals surface area (Å²) < 4.78 is 0. The third kappa shape index (κ3) is 4.75. The van der Waals surface area contributed by atoms with E-state index < -0.39 is 0 Å². The lowest BCUT2D eigenvalue weighted by atomic mass is 9.85. The zero-order valence-corrected chi connectivity index (χ0v) is 13.3. The minimum atomic E-state index is 0.704. The van der Waals surface area contributed by atoms with Gasteiger partial charge in [0.25, 0.3) is 0 Å². The number of hydrogen-bond acceptors (Lipinski definition) is 2. The number of rotatable bonds is 5. The van der Waals surface area contributed by atoms with Crippen molar-refractivity contribution in [2.24, 2.45) is 11.8 Å². The molecule has 1 N–H and O–H groups in total. The molecule has 1 saturated heterocycles. The summed E-state index contributed by atoms with van der Waals surface area (Å²) in [6.45, 7) is 11.1. The molecule has 2 heteroatoms. The third-order valence-electron chi connectivity index (χ3n) is 5.22. The fraction of sp³-hybridized carbons (Fsp3) is 1.00. The number of nitrogens with one attached hydrogen (secondary N) is 1. The van der Waals surface area contributed by atoms with E-state index in [1.54, 1.807) is 0 Å². The Morgan fingerprint density at radius 3 is 2.79 bits per heavy atom. The Morgan fingerprint density at radius 2 is 2.05 bits per heavy atom. The third-order valence-corrected chi connectivity index (χ3v) is 5.22. The average Bonchev–Trinajstić information content (AvgIpc) is 2.39.